The number of nitrogens with one attached hydrogen (secondary N) is 1. The Bertz CT molecular complexity index is 442. The molecule has 1 aliphatic rings. The first-order valence-electron chi connectivity index (χ1n) is 6.88. The van der Waals surface area contributed by atoms with Crippen LogP contribution in [0.15, 0.2) is 18.2 Å². The molecule has 5 nitrogen and oxygen atoms in total. The molecule has 1 aliphatic heterocycles. The summed E-state index contributed by atoms with van der Waals surface area (Å²) in [6, 6.07) is 4.96. The van der Waals surface area contributed by atoms with Crippen molar-refractivity contribution in [2.45, 2.75) is 26.2 Å². The van der Waals surface area contributed by atoms with E-state index in [0.29, 0.717) is 0 Å². The van der Waals surface area contributed by atoms with E-state index in [1.807, 2.05) is 6.92 Å². The van der Waals surface area contributed by atoms with Crippen molar-refractivity contribution in [3.05, 3.63) is 33.9 Å². The van der Waals surface area contributed by atoms with E-state index < -0.39 is 0 Å². The van der Waals surface area contributed by atoms with Crippen molar-refractivity contribution < 1.29 is 4.92 Å². The number of nitro groups is 1. The molecule has 1 N–H and O–H groups in total. The summed E-state index contributed by atoms with van der Waals surface area (Å²) in [6.45, 7) is 6.41. The van der Waals surface area contributed by atoms with Crippen molar-refractivity contribution in [3.63, 3.8) is 0 Å². The zero-order valence-electron chi connectivity index (χ0n) is 11.4. The van der Waals surface area contributed by atoms with Crippen molar-refractivity contribution in [1.29, 1.82) is 0 Å². The molecule has 0 atom stereocenters. The van der Waals surface area contributed by atoms with Gasteiger partial charge in [0.15, 0.2) is 0 Å². The number of anilines is 1. The van der Waals surface area contributed by atoms with Gasteiger partial charge in [0.25, 0.3) is 5.69 Å². The third-order valence-electron chi connectivity index (χ3n) is 3.59. The number of benzene rings is 1. The van der Waals surface area contributed by atoms with Crippen LogP contribution in [-0.4, -0.2) is 36.0 Å². The molecule has 19 heavy (non-hydrogen) atoms. The fraction of sp³-hybridized carbons (Fsp3) is 0.571. The molecular weight excluding hydrogens is 242 g/mol. The molecule has 0 radical (unpaired) electrons. The molecule has 2 rings (SSSR count). The lowest BCUT2D eigenvalue weighted by Crippen LogP contribution is -2.22. The van der Waals surface area contributed by atoms with Gasteiger partial charge in [0, 0.05) is 24.4 Å². The standard InChI is InChI=1S/C14H21N3O2/c1-12-11-13(17(18)19)5-6-14(12)15-7-4-10-16-8-2-3-9-16/h5-6,11,15H,2-4,7-10H2,1H3. The van der Waals surface area contributed by atoms with Crippen LogP contribution < -0.4 is 5.32 Å². The Hall–Kier alpha value is -1.62. The lowest BCUT2D eigenvalue weighted by molar-refractivity contribution is -0.384. The van der Waals surface area contributed by atoms with Crippen LogP contribution in [-0.2, 0) is 0 Å². The Morgan fingerprint density at radius 3 is 2.74 bits per heavy atom. The van der Waals surface area contributed by atoms with E-state index in [-0.39, 0.29) is 10.6 Å². The van der Waals surface area contributed by atoms with Gasteiger partial charge in [0.05, 0.1) is 4.92 Å². The maximum atomic E-state index is 10.7. The maximum absolute atomic E-state index is 10.7. The van der Waals surface area contributed by atoms with Crippen LogP contribution in [0.2, 0.25) is 0 Å². The number of hydrogen-bond acceptors (Lipinski definition) is 4. The second-order valence-electron chi connectivity index (χ2n) is 5.09. The van der Waals surface area contributed by atoms with Crippen LogP contribution in [0.5, 0.6) is 0 Å². The van der Waals surface area contributed by atoms with Gasteiger partial charge in [0.2, 0.25) is 0 Å². The SMILES string of the molecule is Cc1cc([N+](=O)[O-])ccc1NCCCN1CCCC1. The van der Waals surface area contributed by atoms with Crippen LogP contribution in [0, 0.1) is 17.0 Å². The molecule has 1 saturated heterocycles. The Labute approximate surface area is 113 Å². The summed E-state index contributed by atoms with van der Waals surface area (Å²) in [5, 5.41) is 14.0. The van der Waals surface area contributed by atoms with Crippen molar-refractivity contribution in [2.24, 2.45) is 0 Å². The van der Waals surface area contributed by atoms with Crippen LogP contribution in [0.4, 0.5) is 11.4 Å². The first kappa shape index (κ1) is 13.8. The van der Waals surface area contributed by atoms with Crippen LogP contribution in [0.3, 0.4) is 0 Å². The fourth-order valence-electron chi connectivity index (χ4n) is 2.49. The van der Waals surface area contributed by atoms with Gasteiger partial charge in [-0.3, -0.25) is 10.1 Å². The number of nitrogens with zero attached hydrogens (tertiary/aromatic N) is 2. The smallest absolute Gasteiger partial charge is 0.269 e. The van der Waals surface area contributed by atoms with E-state index in [9.17, 15) is 10.1 Å². The Kier molecular flexibility index (Phi) is 4.74. The minimum absolute atomic E-state index is 0.153. The van der Waals surface area contributed by atoms with E-state index in [1.165, 1.54) is 25.9 Å². The van der Waals surface area contributed by atoms with Gasteiger partial charge >= 0.3 is 0 Å². The second-order valence-corrected chi connectivity index (χ2v) is 5.09. The number of likely N-dealkylation sites (tertiary alicyclic amines) is 1. The molecular formula is C14H21N3O2. The summed E-state index contributed by atoms with van der Waals surface area (Å²) in [5.41, 5.74) is 2.07. The third kappa shape index (κ3) is 3.92. The Morgan fingerprint density at radius 2 is 2.11 bits per heavy atom. The van der Waals surface area contributed by atoms with Crippen molar-refractivity contribution in [1.82, 2.24) is 4.90 Å². The van der Waals surface area contributed by atoms with Gasteiger partial charge in [-0.1, -0.05) is 0 Å². The Balaban J connectivity index is 1.77. The van der Waals surface area contributed by atoms with Crippen LogP contribution in [0.1, 0.15) is 24.8 Å². The first-order chi connectivity index (χ1) is 9.16. The zero-order chi connectivity index (χ0) is 13.7. The van der Waals surface area contributed by atoms with Crippen molar-refractivity contribution >= 4 is 11.4 Å². The van der Waals surface area contributed by atoms with Gasteiger partial charge in [-0.25, -0.2) is 0 Å². The minimum atomic E-state index is -0.357. The van der Waals surface area contributed by atoms with E-state index >= 15 is 0 Å². The van der Waals surface area contributed by atoms with Crippen molar-refractivity contribution in [3.8, 4) is 0 Å². The molecule has 1 heterocycles. The summed E-state index contributed by atoms with van der Waals surface area (Å²) in [4.78, 5) is 12.8. The quantitative estimate of drug-likeness (QED) is 0.487. The molecule has 0 spiro atoms. The average molecular weight is 263 g/mol. The third-order valence-corrected chi connectivity index (χ3v) is 3.59. The van der Waals surface area contributed by atoms with E-state index in [2.05, 4.69) is 10.2 Å². The lowest BCUT2D eigenvalue weighted by Gasteiger charge is -2.15. The van der Waals surface area contributed by atoms with E-state index in [0.717, 1.165) is 30.8 Å². The highest BCUT2D eigenvalue weighted by molar-refractivity contribution is 5.55. The number of nitro benzene ring substituents is 1. The maximum Gasteiger partial charge on any atom is 0.269 e. The first-order valence-corrected chi connectivity index (χ1v) is 6.88. The lowest BCUT2D eigenvalue weighted by atomic mass is 10.2. The number of rotatable bonds is 6. The van der Waals surface area contributed by atoms with E-state index in [4.69, 9.17) is 0 Å². The van der Waals surface area contributed by atoms with Gasteiger partial charge in [-0.2, -0.15) is 0 Å². The molecule has 1 fully saturated rings. The monoisotopic (exact) mass is 263 g/mol. The number of non-ortho nitro benzene ring substituents is 1. The predicted octanol–water partition coefficient (Wildman–Crippen LogP) is 2.80. The second kappa shape index (κ2) is 6.52. The summed E-state index contributed by atoms with van der Waals surface area (Å²) >= 11 is 0. The van der Waals surface area contributed by atoms with Crippen molar-refractivity contribution in [2.75, 3.05) is 31.5 Å². The molecule has 1 aromatic carbocycles. The predicted molar refractivity (Wildman–Crippen MR) is 76.6 cm³/mol. The molecule has 104 valence electrons. The minimum Gasteiger partial charge on any atom is -0.385 e. The van der Waals surface area contributed by atoms with Gasteiger partial charge in [-0.15, -0.1) is 0 Å². The fourth-order valence-corrected chi connectivity index (χ4v) is 2.49. The summed E-state index contributed by atoms with van der Waals surface area (Å²) in [6.07, 6.45) is 3.76. The molecule has 0 unspecified atom stereocenters. The zero-order valence-corrected chi connectivity index (χ0v) is 11.4. The van der Waals surface area contributed by atoms with E-state index in [1.54, 1.807) is 18.2 Å². The average Bonchev–Trinajstić information content (AvgIpc) is 2.89. The molecule has 0 aliphatic carbocycles. The molecule has 0 amide bonds. The topological polar surface area (TPSA) is 58.4 Å². The molecule has 0 bridgehead atoms. The number of hydrogen-bond donors (Lipinski definition) is 1. The highest BCUT2D eigenvalue weighted by atomic mass is 16.6. The molecule has 5 heteroatoms. The van der Waals surface area contributed by atoms with Crippen LogP contribution >= 0.6 is 0 Å². The highest BCUT2D eigenvalue weighted by Crippen LogP contribution is 2.21. The van der Waals surface area contributed by atoms with Crippen LogP contribution in [0.25, 0.3) is 0 Å². The van der Waals surface area contributed by atoms with Gasteiger partial charge in [0.1, 0.15) is 0 Å². The molecule has 1 aromatic rings. The van der Waals surface area contributed by atoms with Gasteiger partial charge in [-0.05, 0) is 57.5 Å². The van der Waals surface area contributed by atoms with Gasteiger partial charge < -0.3 is 10.2 Å². The molecule has 0 aromatic heterocycles. The normalized spacial score (nSPS) is 15.6. The number of aryl methyl sites for hydroxylation is 1. The Morgan fingerprint density at radius 1 is 1.37 bits per heavy atom. The summed E-state index contributed by atoms with van der Waals surface area (Å²) in [7, 11) is 0. The summed E-state index contributed by atoms with van der Waals surface area (Å²) < 4.78 is 0. The molecule has 0 saturated carbocycles. The highest BCUT2D eigenvalue weighted by Gasteiger charge is 2.10. The largest absolute Gasteiger partial charge is 0.385 e. The summed E-state index contributed by atoms with van der Waals surface area (Å²) in [5.74, 6) is 0.